The summed E-state index contributed by atoms with van der Waals surface area (Å²) < 4.78 is 1.77. The minimum absolute atomic E-state index is 0.176. The molecule has 3 rings (SSSR count). The Kier molecular flexibility index (Phi) is 5.57. The summed E-state index contributed by atoms with van der Waals surface area (Å²) in [4.78, 5) is 17.2. The number of carbonyl (C=O) groups excluding carboxylic acids is 1. The van der Waals surface area contributed by atoms with Crippen LogP contribution in [0.15, 0.2) is 18.5 Å². The van der Waals surface area contributed by atoms with E-state index in [0.29, 0.717) is 0 Å². The van der Waals surface area contributed by atoms with Crippen LogP contribution in [0, 0.1) is 6.92 Å². The maximum Gasteiger partial charge on any atom is 0.247 e. The van der Waals surface area contributed by atoms with E-state index in [9.17, 15) is 4.79 Å². The molecule has 1 aliphatic heterocycles. The van der Waals surface area contributed by atoms with Crippen LogP contribution in [-0.4, -0.2) is 61.9 Å². The van der Waals surface area contributed by atoms with Crippen molar-refractivity contribution in [1.82, 2.24) is 29.8 Å². The summed E-state index contributed by atoms with van der Waals surface area (Å²) in [7, 11) is 0. The third kappa shape index (κ3) is 3.99. The fourth-order valence-electron chi connectivity index (χ4n) is 3.09. The molecule has 1 saturated heterocycles. The van der Waals surface area contributed by atoms with Gasteiger partial charge in [-0.3, -0.25) is 14.4 Å². The highest BCUT2D eigenvalue weighted by atomic mass is 32.1. The Balaban J connectivity index is 1.59. The van der Waals surface area contributed by atoms with Crippen molar-refractivity contribution in [3.8, 4) is 0 Å². The maximum atomic E-state index is 12.9. The van der Waals surface area contributed by atoms with Gasteiger partial charge in [-0.25, -0.2) is 0 Å². The molecule has 1 atom stereocenters. The van der Waals surface area contributed by atoms with Gasteiger partial charge in [0, 0.05) is 38.6 Å². The van der Waals surface area contributed by atoms with Gasteiger partial charge in [-0.1, -0.05) is 6.92 Å². The second kappa shape index (κ2) is 7.85. The first-order valence-corrected chi connectivity index (χ1v) is 9.28. The van der Waals surface area contributed by atoms with Gasteiger partial charge in [-0.2, -0.15) is 5.10 Å². The lowest BCUT2D eigenvalue weighted by Gasteiger charge is -2.26. The third-order valence-corrected chi connectivity index (χ3v) is 5.17. The summed E-state index contributed by atoms with van der Waals surface area (Å²) in [6, 6.07) is 1.67. The third-order valence-electron chi connectivity index (χ3n) is 4.34. The van der Waals surface area contributed by atoms with Crippen molar-refractivity contribution in [2.24, 2.45) is 0 Å². The van der Waals surface area contributed by atoms with E-state index in [4.69, 9.17) is 0 Å². The summed E-state index contributed by atoms with van der Waals surface area (Å²) >= 11 is 1.65. The van der Waals surface area contributed by atoms with Crippen LogP contribution in [0.5, 0.6) is 0 Å². The zero-order valence-electron chi connectivity index (χ0n) is 14.3. The zero-order chi connectivity index (χ0) is 16.9. The fourth-order valence-corrected chi connectivity index (χ4v) is 3.84. The van der Waals surface area contributed by atoms with Gasteiger partial charge in [0.05, 0.1) is 6.54 Å². The molecule has 0 aromatic carbocycles. The van der Waals surface area contributed by atoms with Crippen molar-refractivity contribution in [2.75, 3.05) is 26.2 Å². The lowest BCUT2D eigenvalue weighted by atomic mass is 10.2. The van der Waals surface area contributed by atoms with Gasteiger partial charge in [0.15, 0.2) is 0 Å². The molecule has 0 bridgehead atoms. The average molecular weight is 348 g/mol. The van der Waals surface area contributed by atoms with Gasteiger partial charge >= 0.3 is 0 Å². The van der Waals surface area contributed by atoms with Crippen molar-refractivity contribution in [3.05, 3.63) is 28.5 Å². The zero-order valence-corrected chi connectivity index (χ0v) is 15.1. The van der Waals surface area contributed by atoms with E-state index in [2.05, 4.69) is 20.2 Å². The molecule has 0 spiro atoms. The first-order chi connectivity index (χ1) is 11.7. The normalized spacial score (nSPS) is 17.7. The van der Waals surface area contributed by atoms with Crippen LogP contribution in [0.2, 0.25) is 0 Å². The number of aromatic nitrogens is 4. The molecule has 0 saturated carbocycles. The van der Waals surface area contributed by atoms with Crippen molar-refractivity contribution in [1.29, 1.82) is 0 Å². The number of hydrogen-bond acceptors (Lipinski definition) is 6. The highest BCUT2D eigenvalue weighted by molar-refractivity contribution is 7.11. The van der Waals surface area contributed by atoms with Gasteiger partial charge in [0.1, 0.15) is 16.1 Å². The number of carbonyl (C=O) groups is 1. The molecule has 0 radical (unpaired) electrons. The van der Waals surface area contributed by atoms with Gasteiger partial charge < -0.3 is 4.90 Å². The number of rotatable bonds is 5. The summed E-state index contributed by atoms with van der Waals surface area (Å²) in [6.07, 6.45) is 5.34. The quantitative estimate of drug-likeness (QED) is 0.823. The summed E-state index contributed by atoms with van der Waals surface area (Å²) in [5.41, 5.74) is 0. The van der Waals surface area contributed by atoms with Crippen LogP contribution in [0.1, 0.15) is 35.8 Å². The molecule has 1 fully saturated rings. The van der Waals surface area contributed by atoms with Crippen molar-refractivity contribution in [3.63, 3.8) is 0 Å². The molecule has 8 heteroatoms. The number of nitrogens with zero attached hydrogens (tertiary/aromatic N) is 6. The molecule has 2 aromatic rings. The molecule has 2 aromatic heterocycles. The van der Waals surface area contributed by atoms with Crippen molar-refractivity contribution < 1.29 is 4.79 Å². The minimum Gasteiger partial charge on any atom is -0.340 e. The molecular weight excluding hydrogens is 324 g/mol. The second-order valence-corrected chi connectivity index (χ2v) is 7.35. The van der Waals surface area contributed by atoms with Crippen molar-refractivity contribution in [2.45, 2.75) is 39.3 Å². The Hall–Kier alpha value is -1.80. The SMILES string of the molecule is CCC(C(=O)N1CCCN(Cc2nnc(C)s2)CC1)n1cccn1. The molecule has 1 unspecified atom stereocenters. The molecule has 0 N–H and O–H groups in total. The topological polar surface area (TPSA) is 67.2 Å². The van der Waals surface area contributed by atoms with Crippen molar-refractivity contribution >= 4 is 17.2 Å². The fraction of sp³-hybridized carbons (Fsp3) is 0.625. The maximum absolute atomic E-state index is 12.9. The van der Waals surface area contributed by atoms with E-state index in [1.54, 1.807) is 22.2 Å². The van der Waals surface area contributed by atoms with E-state index >= 15 is 0 Å². The summed E-state index contributed by atoms with van der Waals surface area (Å²) in [5.74, 6) is 0.176. The minimum atomic E-state index is -0.197. The summed E-state index contributed by atoms with van der Waals surface area (Å²) in [6.45, 7) is 8.26. The summed E-state index contributed by atoms with van der Waals surface area (Å²) in [5, 5.41) is 14.6. The van der Waals surface area contributed by atoms with E-state index < -0.39 is 0 Å². The molecule has 130 valence electrons. The number of hydrogen-bond donors (Lipinski definition) is 0. The first kappa shape index (κ1) is 17.0. The predicted molar refractivity (Wildman–Crippen MR) is 92.7 cm³/mol. The molecule has 1 aliphatic rings. The van der Waals surface area contributed by atoms with Crippen LogP contribution >= 0.6 is 11.3 Å². The van der Waals surface area contributed by atoms with Crippen LogP contribution in [-0.2, 0) is 11.3 Å². The van der Waals surface area contributed by atoms with Crippen LogP contribution in [0.3, 0.4) is 0 Å². The van der Waals surface area contributed by atoms with Gasteiger partial charge in [-0.15, -0.1) is 21.5 Å². The smallest absolute Gasteiger partial charge is 0.247 e. The lowest BCUT2D eigenvalue weighted by Crippen LogP contribution is -2.39. The average Bonchev–Trinajstić information content (AvgIpc) is 3.17. The predicted octanol–water partition coefficient (Wildman–Crippen LogP) is 1.73. The highest BCUT2D eigenvalue weighted by Crippen LogP contribution is 2.17. The molecular formula is C16H24N6OS. The largest absolute Gasteiger partial charge is 0.340 e. The van der Waals surface area contributed by atoms with Gasteiger partial charge in [0.2, 0.25) is 5.91 Å². The Morgan fingerprint density at radius 2 is 2.17 bits per heavy atom. The Morgan fingerprint density at radius 3 is 2.83 bits per heavy atom. The first-order valence-electron chi connectivity index (χ1n) is 8.46. The van der Waals surface area contributed by atoms with E-state index in [-0.39, 0.29) is 11.9 Å². The Morgan fingerprint density at radius 1 is 1.29 bits per heavy atom. The van der Waals surface area contributed by atoms with E-state index in [0.717, 1.165) is 55.6 Å². The lowest BCUT2D eigenvalue weighted by molar-refractivity contribution is -0.135. The van der Waals surface area contributed by atoms with Crippen LogP contribution in [0.25, 0.3) is 0 Å². The molecule has 24 heavy (non-hydrogen) atoms. The second-order valence-electron chi connectivity index (χ2n) is 6.08. The van der Waals surface area contributed by atoms with Gasteiger partial charge in [0.25, 0.3) is 0 Å². The van der Waals surface area contributed by atoms with Gasteiger partial charge in [-0.05, 0) is 25.8 Å². The molecule has 0 aliphatic carbocycles. The molecule has 3 heterocycles. The number of aryl methyl sites for hydroxylation is 1. The van der Waals surface area contributed by atoms with Crippen LogP contribution in [0.4, 0.5) is 0 Å². The molecule has 1 amide bonds. The highest BCUT2D eigenvalue weighted by Gasteiger charge is 2.26. The molecule has 7 nitrogen and oxygen atoms in total. The van der Waals surface area contributed by atoms with Crippen LogP contribution < -0.4 is 0 Å². The Bertz CT molecular complexity index is 655. The standard InChI is InChI=1S/C16H24N6OS/c1-3-14(22-9-4-6-17-22)16(23)21-8-5-7-20(10-11-21)12-15-19-18-13(2)24-15/h4,6,9,14H,3,5,7-8,10-12H2,1-2H3. The van der Waals surface area contributed by atoms with E-state index in [1.165, 1.54) is 0 Å². The van der Waals surface area contributed by atoms with E-state index in [1.807, 2.05) is 31.0 Å². The Labute approximate surface area is 146 Å². The monoisotopic (exact) mass is 348 g/mol. The number of amides is 1.